The van der Waals surface area contributed by atoms with Gasteiger partial charge in [0.25, 0.3) is 0 Å². The van der Waals surface area contributed by atoms with Gasteiger partial charge in [-0.15, -0.1) is 22.7 Å². The molecule has 0 radical (unpaired) electrons. The normalized spacial score (nSPS) is 19.5. The molecule has 6 heteroatoms. The lowest BCUT2D eigenvalue weighted by Gasteiger charge is -2.32. The fourth-order valence-electron chi connectivity index (χ4n) is 3.99. The molecule has 0 bridgehead atoms. The Morgan fingerprint density at radius 3 is 2.42 bits per heavy atom. The van der Waals surface area contributed by atoms with Crippen LogP contribution in [0.25, 0.3) is 36.0 Å². The van der Waals surface area contributed by atoms with Gasteiger partial charge in [0.05, 0.1) is 33.6 Å². The third kappa shape index (κ3) is 3.02. The van der Waals surface area contributed by atoms with E-state index in [1.807, 2.05) is 23.5 Å². The van der Waals surface area contributed by atoms with Crippen molar-refractivity contribution in [1.29, 1.82) is 0 Å². The van der Waals surface area contributed by atoms with Crippen molar-refractivity contribution < 1.29 is 9.31 Å². The first-order valence-electron chi connectivity index (χ1n) is 10.4. The van der Waals surface area contributed by atoms with E-state index in [9.17, 15) is 0 Å². The number of benzene rings is 2. The molecule has 0 N–H and O–H groups in total. The van der Waals surface area contributed by atoms with Crippen LogP contribution in [-0.4, -0.2) is 23.3 Å². The van der Waals surface area contributed by atoms with Crippen molar-refractivity contribution in [2.75, 3.05) is 0 Å². The second-order valence-electron chi connectivity index (χ2n) is 9.07. The molecule has 1 fully saturated rings. The second-order valence-corrected chi connectivity index (χ2v) is 11.2. The number of fused-ring (bicyclic) bond motifs is 4. The Labute approximate surface area is 189 Å². The molecule has 6 rings (SSSR count). The van der Waals surface area contributed by atoms with E-state index in [0.717, 1.165) is 21.6 Å². The largest absolute Gasteiger partial charge is 0.494 e. The molecule has 0 unspecified atom stereocenters. The van der Waals surface area contributed by atoms with Gasteiger partial charge in [-0.3, -0.25) is 0 Å². The maximum Gasteiger partial charge on any atom is 0.494 e. The highest BCUT2D eigenvalue weighted by molar-refractivity contribution is 7.26. The topological polar surface area (TPSA) is 31.4 Å². The van der Waals surface area contributed by atoms with Gasteiger partial charge in [0, 0.05) is 26.2 Å². The number of thiophene rings is 1. The van der Waals surface area contributed by atoms with Crippen LogP contribution in [0.3, 0.4) is 0 Å². The summed E-state index contributed by atoms with van der Waals surface area (Å²) in [6.07, 6.45) is 11.1. The van der Waals surface area contributed by atoms with Gasteiger partial charge in [0.2, 0.25) is 0 Å². The van der Waals surface area contributed by atoms with Gasteiger partial charge >= 0.3 is 7.12 Å². The maximum absolute atomic E-state index is 6.25. The number of nitrogens with zero attached hydrogens (tertiary/aromatic N) is 1. The van der Waals surface area contributed by atoms with Crippen LogP contribution in [0.1, 0.15) is 32.7 Å². The number of allylic oxidation sites excluding steroid dienone is 6. The molecule has 1 aliphatic heterocycles. The predicted molar refractivity (Wildman–Crippen MR) is 133 cm³/mol. The zero-order chi connectivity index (χ0) is 21.4. The van der Waals surface area contributed by atoms with E-state index in [2.05, 4.69) is 76.3 Å². The maximum atomic E-state index is 6.25. The molecule has 31 heavy (non-hydrogen) atoms. The van der Waals surface area contributed by atoms with Gasteiger partial charge in [-0.25, -0.2) is 4.98 Å². The number of hydrogen-bond donors (Lipinski definition) is 0. The predicted octanol–water partition coefficient (Wildman–Crippen LogP) is 6.28. The fraction of sp³-hybridized carbons (Fsp3) is 0.240. The third-order valence-electron chi connectivity index (χ3n) is 6.50. The molecule has 1 aliphatic carbocycles. The molecule has 0 spiro atoms. The minimum absolute atomic E-state index is 0.336. The van der Waals surface area contributed by atoms with Crippen LogP contribution < -0.4 is 5.46 Å². The fourth-order valence-corrected chi connectivity index (χ4v) is 6.24. The molecule has 0 saturated carbocycles. The first-order valence-corrected chi connectivity index (χ1v) is 12.0. The van der Waals surface area contributed by atoms with Crippen molar-refractivity contribution in [3.8, 4) is 0 Å². The number of aromatic nitrogens is 1. The summed E-state index contributed by atoms with van der Waals surface area (Å²) in [5, 5.41) is 3.56. The molecule has 4 aromatic rings. The van der Waals surface area contributed by atoms with Gasteiger partial charge in [-0.05, 0) is 51.4 Å². The third-order valence-corrected chi connectivity index (χ3v) is 8.68. The molecule has 3 nitrogen and oxygen atoms in total. The number of thiazole rings is 1. The van der Waals surface area contributed by atoms with Gasteiger partial charge in [-0.1, -0.05) is 12.1 Å². The average Bonchev–Trinajstić information content (AvgIpc) is 3.37. The van der Waals surface area contributed by atoms with E-state index in [4.69, 9.17) is 14.3 Å². The van der Waals surface area contributed by atoms with E-state index in [0.29, 0.717) is 0 Å². The molecule has 2 aromatic heterocycles. The van der Waals surface area contributed by atoms with Crippen LogP contribution in [0.5, 0.6) is 0 Å². The Hall–Kier alpha value is -2.34. The Bertz CT molecular complexity index is 1440. The van der Waals surface area contributed by atoms with Crippen LogP contribution in [0.2, 0.25) is 0 Å². The lowest BCUT2D eigenvalue weighted by Crippen LogP contribution is -2.41. The van der Waals surface area contributed by atoms with Gasteiger partial charge in [0.1, 0.15) is 17.7 Å². The van der Waals surface area contributed by atoms with Crippen LogP contribution in [0.15, 0.2) is 54.6 Å². The standard InChI is InChI=1S/C25H21BNO2S2/c1-24(2)25(3,4)29-26(28-24)16-10-11-17-18-13-19-22(14-21(18)30-20(17)12-16)31-23(27-19)15-8-6-5-7-9-15/h6-14H,1-4H3/q+1. The SMILES string of the molecule is CC1(C)OB(c2ccc3c(c2)sc2cc4sc(C5=CC=[C+]C=C5)nc4cc23)OC1(C)C. The molecule has 2 aromatic carbocycles. The van der Waals surface area contributed by atoms with Gasteiger partial charge in [-0.2, -0.15) is 0 Å². The summed E-state index contributed by atoms with van der Waals surface area (Å²) in [6, 6.07) is 11.1. The van der Waals surface area contributed by atoms with Gasteiger partial charge < -0.3 is 9.31 Å². The molecule has 152 valence electrons. The Morgan fingerprint density at radius 2 is 1.68 bits per heavy atom. The van der Waals surface area contributed by atoms with Crippen LogP contribution >= 0.6 is 22.7 Å². The molecule has 2 aliphatic rings. The molecule has 0 atom stereocenters. The van der Waals surface area contributed by atoms with Gasteiger partial charge in [0.15, 0.2) is 5.01 Å². The summed E-state index contributed by atoms with van der Waals surface area (Å²) in [4.78, 5) is 4.90. The Balaban J connectivity index is 1.42. The average molecular weight is 442 g/mol. The van der Waals surface area contributed by atoms with Crippen LogP contribution in [0.4, 0.5) is 0 Å². The van der Waals surface area contributed by atoms with E-state index in [-0.39, 0.29) is 18.3 Å². The highest BCUT2D eigenvalue weighted by Crippen LogP contribution is 2.40. The van der Waals surface area contributed by atoms with Crippen LogP contribution in [0, 0.1) is 6.08 Å². The summed E-state index contributed by atoms with van der Waals surface area (Å²) in [5.41, 5.74) is 2.59. The van der Waals surface area contributed by atoms with E-state index < -0.39 is 0 Å². The van der Waals surface area contributed by atoms with E-state index in [1.54, 1.807) is 11.3 Å². The van der Waals surface area contributed by atoms with Crippen molar-refractivity contribution in [3.63, 3.8) is 0 Å². The Morgan fingerprint density at radius 1 is 0.903 bits per heavy atom. The minimum Gasteiger partial charge on any atom is -0.399 e. The van der Waals surface area contributed by atoms with Crippen molar-refractivity contribution in [2.45, 2.75) is 38.9 Å². The smallest absolute Gasteiger partial charge is 0.399 e. The lowest BCUT2D eigenvalue weighted by molar-refractivity contribution is 0.00578. The zero-order valence-corrected chi connectivity index (χ0v) is 19.5. The number of rotatable bonds is 2. The first kappa shape index (κ1) is 19.4. The highest BCUT2D eigenvalue weighted by atomic mass is 32.1. The lowest BCUT2D eigenvalue weighted by atomic mass is 9.79. The quantitative estimate of drug-likeness (QED) is 0.271. The van der Waals surface area contributed by atoms with Crippen LogP contribution in [-0.2, 0) is 9.31 Å². The van der Waals surface area contributed by atoms with Crippen molar-refractivity contribution >= 4 is 71.2 Å². The minimum atomic E-state index is -0.338. The molecule has 3 heterocycles. The monoisotopic (exact) mass is 442 g/mol. The summed E-state index contributed by atoms with van der Waals surface area (Å²) in [6.45, 7) is 8.36. The molecule has 0 amide bonds. The van der Waals surface area contributed by atoms with Crippen molar-refractivity contribution in [1.82, 2.24) is 4.98 Å². The highest BCUT2D eigenvalue weighted by Gasteiger charge is 2.51. The van der Waals surface area contributed by atoms with Crippen molar-refractivity contribution in [2.24, 2.45) is 0 Å². The summed E-state index contributed by atoms with van der Waals surface area (Å²) >= 11 is 3.56. The zero-order valence-electron chi connectivity index (χ0n) is 17.9. The molecule has 1 saturated heterocycles. The summed E-state index contributed by atoms with van der Waals surface area (Å²) in [7, 11) is -0.338. The summed E-state index contributed by atoms with van der Waals surface area (Å²) in [5.74, 6) is 0. The number of hydrogen-bond acceptors (Lipinski definition) is 5. The molecular formula is C25H21BNO2S2+. The summed E-state index contributed by atoms with van der Waals surface area (Å²) < 4.78 is 16.2. The van der Waals surface area contributed by atoms with E-state index in [1.165, 1.54) is 24.9 Å². The van der Waals surface area contributed by atoms with Crippen molar-refractivity contribution in [3.05, 3.63) is 65.7 Å². The van der Waals surface area contributed by atoms with E-state index >= 15 is 0 Å². The second kappa shape index (κ2) is 6.58. The Kier molecular flexibility index (Phi) is 4.11. The molecular weight excluding hydrogens is 421 g/mol. The first-order chi connectivity index (χ1) is 14.8.